The summed E-state index contributed by atoms with van der Waals surface area (Å²) in [4.78, 5) is 42.2. The molecule has 1 saturated heterocycles. The molecule has 1 heterocycles. The van der Waals surface area contributed by atoms with E-state index in [-0.39, 0.29) is 63.4 Å². The minimum Gasteiger partial charge on any atom is -0.490 e. The third kappa shape index (κ3) is 18.7. The summed E-state index contributed by atoms with van der Waals surface area (Å²) in [6.45, 7) is 0.657. The van der Waals surface area contributed by atoms with Crippen LogP contribution in [0, 0.1) is 11.7 Å². The molecule has 0 aromatic heterocycles. The number of aliphatic hydroxyl groups is 1. The Balaban J connectivity index is 1.64. The Hall–Kier alpha value is -1.15. The highest BCUT2D eigenvalue weighted by Gasteiger charge is 2.37. The number of rotatable bonds is 24. The molecule has 21 heteroatoms. The number of nitrogens with two attached hydrogens (primary N) is 1. The lowest BCUT2D eigenvalue weighted by Crippen LogP contribution is -2.32. The maximum Gasteiger partial charge on any atom is 0.469 e. The molecule has 1 aromatic rings. The van der Waals surface area contributed by atoms with Gasteiger partial charge in [0.05, 0.1) is 39.1 Å². The van der Waals surface area contributed by atoms with Crippen LogP contribution in [0.15, 0.2) is 24.3 Å². The van der Waals surface area contributed by atoms with Crippen molar-refractivity contribution in [1.82, 2.24) is 10.6 Å². The number of carbonyl (C=O) groups excluding carboxylic acids is 2. The zero-order valence-corrected chi connectivity index (χ0v) is 30.7. The van der Waals surface area contributed by atoms with E-state index < -0.39 is 31.5 Å². The Bertz CT molecular complexity index is 1210. The second kappa shape index (κ2) is 24.9. The molecule has 0 aliphatic carbocycles. The van der Waals surface area contributed by atoms with E-state index >= 15 is 0 Å². The maximum absolute atomic E-state index is 12.2. The van der Waals surface area contributed by atoms with Crippen molar-refractivity contribution in [2.45, 2.75) is 35.5 Å². The Morgan fingerprint density at radius 2 is 1.94 bits per heavy atom. The van der Waals surface area contributed by atoms with Gasteiger partial charge in [0.15, 0.2) is 0 Å². The number of carbonyl (C=O) groups is 2. The number of benzene rings is 1. The minimum absolute atomic E-state index is 0.0804. The van der Waals surface area contributed by atoms with Gasteiger partial charge in [-0.05, 0) is 37.1 Å². The average molecular weight is 771 g/mol. The molecule has 1 aromatic carbocycles. The van der Waals surface area contributed by atoms with Crippen molar-refractivity contribution in [1.29, 1.82) is 0 Å². The fraction of sp³-hybridized carbons (Fsp3) is 0.630. The molecule has 0 saturated carbocycles. The number of ether oxygens (including phenoxy) is 5. The van der Waals surface area contributed by atoms with E-state index in [0.717, 1.165) is 0 Å². The normalized spacial score (nSPS) is 18.8. The largest absolute Gasteiger partial charge is 0.490 e. The number of nitrogens with one attached hydrogen (secondary N) is 2. The van der Waals surface area contributed by atoms with Crippen LogP contribution in [0.25, 0.3) is 0 Å². The molecule has 1 fully saturated rings. The molecule has 269 valence electrons. The highest BCUT2D eigenvalue weighted by Crippen LogP contribution is 2.39. The van der Waals surface area contributed by atoms with Gasteiger partial charge in [-0.15, -0.1) is 0 Å². The molecule has 1 aliphatic rings. The lowest BCUT2D eigenvalue weighted by molar-refractivity contribution is -0.126. The Kier molecular flexibility index (Phi) is 22.3. The first-order chi connectivity index (χ1) is 23.1. The monoisotopic (exact) mass is 770 g/mol. The van der Waals surface area contributed by atoms with Crippen molar-refractivity contribution in [3.63, 3.8) is 0 Å². The summed E-state index contributed by atoms with van der Waals surface area (Å²) >= 11 is 0. The summed E-state index contributed by atoms with van der Waals surface area (Å²) in [6.07, 6.45) is 2.89. The van der Waals surface area contributed by atoms with Crippen LogP contribution in [-0.2, 0) is 32.8 Å². The number of phosphoric ester groups is 1. The van der Waals surface area contributed by atoms with E-state index in [1.165, 1.54) is 43.2 Å². The first kappa shape index (κ1) is 43.0. The summed E-state index contributed by atoms with van der Waals surface area (Å²) in [5.41, 5.74) is 4.90. The van der Waals surface area contributed by atoms with E-state index in [2.05, 4.69) is 26.9 Å². The summed E-state index contributed by atoms with van der Waals surface area (Å²) in [5, 5.41) is 15.0. The van der Waals surface area contributed by atoms with Gasteiger partial charge in [-0.1, -0.05) is 55.2 Å². The van der Waals surface area contributed by atoms with Gasteiger partial charge < -0.3 is 54.9 Å². The third-order valence-electron chi connectivity index (χ3n) is 5.94. The van der Waals surface area contributed by atoms with Gasteiger partial charge in [0.1, 0.15) is 35.9 Å². The summed E-state index contributed by atoms with van der Waals surface area (Å²) in [6, 6.07) is 6.39. The van der Waals surface area contributed by atoms with E-state index in [0.29, 0.717) is 30.8 Å². The smallest absolute Gasteiger partial charge is 0.469 e. The zero-order valence-electron chi connectivity index (χ0n) is 26.5. The first-order valence-corrected chi connectivity index (χ1v) is 21.4. The van der Waals surface area contributed by atoms with Crippen molar-refractivity contribution in [3.05, 3.63) is 29.8 Å². The van der Waals surface area contributed by atoms with Gasteiger partial charge in [-0.2, -0.15) is 5.82 Å². The summed E-state index contributed by atoms with van der Waals surface area (Å²) in [5.74, 6) is 5.58. The quantitative estimate of drug-likeness (QED) is 0.0214. The number of hydrogen-bond donors (Lipinski definition) is 6. The molecule has 1 aliphatic heterocycles. The molecular weight excluding hydrogens is 728 g/mol. The molecule has 2 unspecified atom stereocenters. The second-order valence-electron chi connectivity index (χ2n) is 9.55. The van der Waals surface area contributed by atoms with Gasteiger partial charge in [0, 0.05) is 24.7 Å². The molecular formula is C27H42BN3O12PS4. The Morgan fingerprint density at radius 3 is 2.65 bits per heavy atom. The summed E-state index contributed by atoms with van der Waals surface area (Å²) < 4.78 is 44.3. The molecule has 7 N–H and O–H groups in total. The molecule has 1 radical (unpaired) electrons. The molecule has 15 nitrogen and oxygen atoms in total. The molecule has 5 atom stereocenters. The number of aliphatic hydroxyl groups excluding tert-OH is 1. The predicted octanol–water partition coefficient (Wildman–Crippen LogP) is 0.845. The topological polar surface area (TPSA) is 217 Å². The van der Waals surface area contributed by atoms with Crippen LogP contribution in [0.5, 0.6) is 5.75 Å². The maximum atomic E-state index is 12.2. The van der Waals surface area contributed by atoms with E-state index in [9.17, 15) is 19.3 Å². The molecule has 0 bridgehead atoms. The second-order valence-corrected chi connectivity index (χ2v) is 16.0. The Labute approximate surface area is 297 Å². The zero-order chi connectivity index (χ0) is 35.2. The van der Waals surface area contributed by atoms with E-state index in [4.69, 9.17) is 39.2 Å². The van der Waals surface area contributed by atoms with Gasteiger partial charge in [0.2, 0.25) is 5.91 Å². The number of amides is 2. The molecule has 2 amide bonds. The lowest BCUT2D eigenvalue weighted by atomic mass is 9.71. The van der Waals surface area contributed by atoms with Crippen molar-refractivity contribution < 1.29 is 57.3 Å². The fourth-order valence-corrected chi connectivity index (χ4v) is 7.27. The highest BCUT2D eigenvalue weighted by molar-refractivity contribution is 8.76. The first-order valence-electron chi connectivity index (χ1n) is 14.6. The van der Waals surface area contributed by atoms with Crippen molar-refractivity contribution >= 4 is 70.1 Å². The van der Waals surface area contributed by atoms with Crippen LogP contribution in [0.1, 0.15) is 16.8 Å². The van der Waals surface area contributed by atoms with Crippen LogP contribution in [0.3, 0.4) is 0 Å². The number of phosphoric acid groups is 1. The standard InChI is InChI=1S/C27H42BN3O12PS4/c1-45-47-25(17-40-20-6-3-5-19(13-20)27(34)31-10-8-29)39-12-11-38-16-24(33)30-9-4-7-28-23-14-21(22(15-32)42-23)43-26(48-46-2)18-41-44(35,36)37/h3,5-6,13,21-23,25-26,32H,8-12,14-18,29H2,1-2H3,(H,30,33)(H,31,34)(H2,35,36,37)/t21-,22?,23-,25?,26-/m1/s1. The van der Waals surface area contributed by atoms with Crippen molar-refractivity contribution in [2.24, 2.45) is 5.73 Å². The van der Waals surface area contributed by atoms with Gasteiger partial charge in [-0.25, -0.2) is 4.57 Å². The summed E-state index contributed by atoms with van der Waals surface area (Å²) in [7, 11) is 2.52. The molecule has 2 rings (SSSR count). The predicted molar refractivity (Wildman–Crippen MR) is 190 cm³/mol. The molecule has 48 heavy (non-hydrogen) atoms. The van der Waals surface area contributed by atoms with E-state index in [1.54, 1.807) is 37.8 Å². The van der Waals surface area contributed by atoms with Gasteiger partial charge in [-0.3, -0.25) is 14.1 Å². The van der Waals surface area contributed by atoms with Crippen LogP contribution >= 0.6 is 51.0 Å². The van der Waals surface area contributed by atoms with Gasteiger partial charge >= 0.3 is 7.82 Å². The number of hydrogen-bond acceptors (Lipinski definition) is 15. The van der Waals surface area contributed by atoms with Crippen LogP contribution < -0.4 is 21.1 Å². The van der Waals surface area contributed by atoms with Crippen LogP contribution in [0.2, 0.25) is 0 Å². The Morgan fingerprint density at radius 1 is 1.17 bits per heavy atom. The van der Waals surface area contributed by atoms with Crippen molar-refractivity contribution in [2.75, 3.05) is 71.8 Å². The SMILES string of the molecule is CSSC(COc1cccc(C(=O)NCCN)c1)OCCOCC(=O)NCC#C[B][C@H]1C[C@@H](O[C@@H](COP(=O)(O)O)SSC)C(CO)O1. The van der Waals surface area contributed by atoms with Crippen LogP contribution in [-0.4, -0.2) is 135 Å². The van der Waals surface area contributed by atoms with E-state index in [1.807, 2.05) is 6.26 Å². The molecule has 0 spiro atoms. The lowest BCUT2D eigenvalue weighted by Gasteiger charge is -2.23. The fourth-order valence-electron chi connectivity index (χ4n) is 3.90. The average Bonchev–Trinajstić information content (AvgIpc) is 3.45. The minimum atomic E-state index is -4.65. The van der Waals surface area contributed by atoms with Gasteiger partial charge in [0.25, 0.3) is 13.2 Å². The van der Waals surface area contributed by atoms with Crippen molar-refractivity contribution in [3.8, 4) is 17.5 Å². The highest BCUT2D eigenvalue weighted by atomic mass is 33.1. The third-order valence-corrected chi connectivity index (χ3v) is 10.2. The van der Waals surface area contributed by atoms with Crippen LogP contribution in [0.4, 0.5) is 0 Å².